The lowest BCUT2D eigenvalue weighted by atomic mass is 9.51. The van der Waals surface area contributed by atoms with Gasteiger partial charge in [-0.15, -0.1) is 0 Å². The number of hydrogen-bond donors (Lipinski definition) is 3. The fourth-order valence-electron chi connectivity index (χ4n) is 7.85. The molecule has 6 rings (SSSR count). The van der Waals surface area contributed by atoms with Crippen LogP contribution in [0.2, 0.25) is 0 Å². The second-order valence-corrected chi connectivity index (χ2v) is 13.1. The summed E-state index contributed by atoms with van der Waals surface area (Å²) < 4.78 is 36.3. The first-order valence-electron chi connectivity index (χ1n) is 14.6. The molecule has 224 valence electrons. The Morgan fingerprint density at radius 2 is 1.85 bits per heavy atom. The normalized spacial score (nSPS) is 51.8. The Balaban J connectivity index is 1.33. The molecule has 2 bridgehead atoms. The maximum absolute atomic E-state index is 13.3. The van der Waals surface area contributed by atoms with E-state index in [9.17, 15) is 24.9 Å². The van der Waals surface area contributed by atoms with Crippen molar-refractivity contribution >= 4 is 11.9 Å². The van der Waals surface area contributed by atoms with Crippen molar-refractivity contribution in [3.63, 3.8) is 0 Å². The summed E-state index contributed by atoms with van der Waals surface area (Å²) >= 11 is 0. The molecule has 40 heavy (non-hydrogen) atoms. The monoisotopic (exact) mass is 566 g/mol. The molecule has 6 unspecified atom stereocenters. The Labute approximate surface area is 234 Å². The summed E-state index contributed by atoms with van der Waals surface area (Å²) in [6.07, 6.45) is -1.12. The molecule has 3 N–H and O–H groups in total. The van der Waals surface area contributed by atoms with Crippen molar-refractivity contribution in [1.82, 2.24) is 0 Å². The van der Waals surface area contributed by atoms with E-state index in [2.05, 4.69) is 0 Å². The van der Waals surface area contributed by atoms with Gasteiger partial charge < -0.3 is 43.7 Å². The molecule has 0 amide bonds. The van der Waals surface area contributed by atoms with Crippen LogP contribution in [0.15, 0.2) is 11.6 Å². The topological polar surface area (TPSA) is 157 Å². The first-order chi connectivity index (χ1) is 18.9. The van der Waals surface area contributed by atoms with Gasteiger partial charge in [0, 0.05) is 18.3 Å². The molecule has 11 heteroatoms. The highest BCUT2D eigenvalue weighted by molar-refractivity contribution is 5.79. The average Bonchev–Trinajstić information content (AvgIpc) is 3.81. The predicted octanol–water partition coefficient (Wildman–Crippen LogP) is 0.944. The summed E-state index contributed by atoms with van der Waals surface area (Å²) in [5, 5.41) is 32.1. The van der Waals surface area contributed by atoms with Crippen LogP contribution in [0.5, 0.6) is 0 Å². The minimum atomic E-state index is -1.18. The van der Waals surface area contributed by atoms with Crippen molar-refractivity contribution in [2.75, 3.05) is 19.8 Å². The third kappa shape index (κ3) is 4.11. The zero-order valence-electron chi connectivity index (χ0n) is 23.7. The molecule has 2 spiro atoms. The summed E-state index contributed by atoms with van der Waals surface area (Å²) in [5.41, 5.74) is -2.84. The Morgan fingerprint density at radius 1 is 1.10 bits per heavy atom. The molecule has 11 nitrogen and oxygen atoms in total. The number of epoxide rings is 2. The van der Waals surface area contributed by atoms with E-state index in [1.807, 2.05) is 19.9 Å². The largest absolute Gasteiger partial charge is 0.463 e. The van der Waals surface area contributed by atoms with Gasteiger partial charge in [0.25, 0.3) is 0 Å². The minimum Gasteiger partial charge on any atom is -0.463 e. The molecular formula is C29H42O11. The van der Waals surface area contributed by atoms with Gasteiger partial charge in [-0.1, -0.05) is 19.4 Å². The molecule has 6 aliphatic rings. The Morgan fingerprint density at radius 3 is 2.55 bits per heavy atom. The van der Waals surface area contributed by atoms with E-state index < -0.39 is 70.7 Å². The summed E-state index contributed by atoms with van der Waals surface area (Å²) in [5.74, 6) is -0.971. The third-order valence-electron chi connectivity index (χ3n) is 10.9. The van der Waals surface area contributed by atoms with E-state index in [1.165, 1.54) is 0 Å². The second kappa shape index (κ2) is 9.72. The van der Waals surface area contributed by atoms with Crippen molar-refractivity contribution in [3.8, 4) is 0 Å². The van der Waals surface area contributed by atoms with Crippen molar-refractivity contribution in [3.05, 3.63) is 11.6 Å². The molecule has 4 saturated heterocycles. The van der Waals surface area contributed by atoms with Gasteiger partial charge in [-0.25, -0.2) is 4.79 Å². The number of carbonyl (C=O) groups excluding carboxylic acids is 2. The summed E-state index contributed by atoms with van der Waals surface area (Å²) in [6.45, 7) is 7.32. The number of esters is 2. The third-order valence-corrected chi connectivity index (χ3v) is 10.9. The van der Waals surface area contributed by atoms with Crippen LogP contribution in [0.1, 0.15) is 66.2 Å². The van der Waals surface area contributed by atoms with Crippen molar-refractivity contribution in [2.24, 2.45) is 10.8 Å². The van der Waals surface area contributed by atoms with Crippen LogP contribution in [0.25, 0.3) is 0 Å². The van der Waals surface area contributed by atoms with Gasteiger partial charge in [0.15, 0.2) is 6.10 Å². The molecule has 4 heterocycles. The van der Waals surface area contributed by atoms with E-state index >= 15 is 0 Å². The maximum atomic E-state index is 13.3. The predicted molar refractivity (Wildman–Crippen MR) is 137 cm³/mol. The van der Waals surface area contributed by atoms with Crippen molar-refractivity contribution in [1.29, 1.82) is 0 Å². The Bertz CT molecular complexity index is 1070. The highest BCUT2D eigenvalue weighted by atomic mass is 16.7. The molecule has 5 fully saturated rings. The molecule has 12 atom stereocenters. The zero-order valence-corrected chi connectivity index (χ0v) is 23.7. The van der Waals surface area contributed by atoms with Gasteiger partial charge in [0.2, 0.25) is 0 Å². The number of aliphatic hydroxyl groups excluding tert-OH is 3. The Hall–Kier alpha value is -1.60. The molecule has 0 aromatic heterocycles. The van der Waals surface area contributed by atoms with Crippen molar-refractivity contribution in [2.45, 2.75) is 126 Å². The summed E-state index contributed by atoms with van der Waals surface area (Å²) in [4.78, 5) is 26.4. The smallest absolute Gasteiger partial charge is 0.338 e. The van der Waals surface area contributed by atoms with E-state index in [0.717, 1.165) is 5.57 Å². The van der Waals surface area contributed by atoms with Crippen LogP contribution >= 0.6 is 0 Å². The molecule has 0 radical (unpaired) electrons. The second-order valence-electron chi connectivity index (χ2n) is 13.1. The van der Waals surface area contributed by atoms with Crippen LogP contribution in [0.3, 0.4) is 0 Å². The standard InChI is InChI=1S/C29H42O11/c1-15-9-21-28(11-17(15)31)13-36-25(34)24-26(3,40-24)19(32)12-35-18(16(2)30)7-5-6-8-23(33)39-20-10-22(38-21)29(14-37-29)27(20,28)4/h9,16-22,24,30-32H,5-8,10-14H2,1-4H3/t16?,17-,18?,19?,20-,21?,22-,24?,26?,27-,28-,29-/m1/s1. The maximum Gasteiger partial charge on any atom is 0.338 e. The number of rotatable bonds is 1. The van der Waals surface area contributed by atoms with Crippen LogP contribution < -0.4 is 0 Å². The fraction of sp³-hybridized carbons (Fsp3) is 0.862. The SMILES string of the molecule is CC1=CC2O[C@@H]3C[C@H]4OC(=O)CCCCC(C(C)O)OCC(O)C5(C)OC5C(=O)OC[C@@]2(C[C@H]1O)[C@]4(C)[C@@]31CO1. The van der Waals surface area contributed by atoms with Gasteiger partial charge >= 0.3 is 11.9 Å². The molecule has 2 aliphatic carbocycles. The quantitative estimate of drug-likeness (QED) is 0.236. The van der Waals surface area contributed by atoms with Crippen LogP contribution in [0.4, 0.5) is 0 Å². The van der Waals surface area contributed by atoms with E-state index in [1.54, 1.807) is 13.8 Å². The lowest BCUT2D eigenvalue weighted by molar-refractivity contribution is -0.240. The highest BCUT2D eigenvalue weighted by Crippen LogP contribution is 2.72. The van der Waals surface area contributed by atoms with E-state index in [4.69, 9.17) is 28.4 Å². The van der Waals surface area contributed by atoms with Gasteiger partial charge in [-0.05, 0) is 45.6 Å². The minimum absolute atomic E-state index is 0.105. The van der Waals surface area contributed by atoms with Crippen LogP contribution in [0, 0.1) is 10.8 Å². The number of ether oxygens (including phenoxy) is 6. The first kappa shape index (κ1) is 28.5. The number of cyclic esters (lactones) is 1. The zero-order chi connectivity index (χ0) is 28.7. The summed E-state index contributed by atoms with van der Waals surface area (Å²) in [6, 6.07) is 0. The van der Waals surface area contributed by atoms with Crippen LogP contribution in [-0.2, 0) is 38.0 Å². The number of carbonyl (C=O) groups is 2. The van der Waals surface area contributed by atoms with Crippen molar-refractivity contribution < 1.29 is 53.3 Å². The average molecular weight is 567 g/mol. The van der Waals surface area contributed by atoms with E-state index in [-0.39, 0.29) is 38.1 Å². The van der Waals surface area contributed by atoms with Gasteiger partial charge in [0.05, 0.1) is 49.1 Å². The molecule has 0 aromatic carbocycles. The van der Waals surface area contributed by atoms with Gasteiger partial charge in [-0.2, -0.15) is 0 Å². The summed E-state index contributed by atoms with van der Waals surface area (Å²) in [7, 11) is 0. The molecule has 0 aromatic rings. The van der Waals surface area contributed by atoms with Gasteiger partial charge in [0.1, 0.15) is 30.0 Å². The first-order valence-corrected chi connectivity index (χ1v) is 14.6. The van der Waals surface area contributed by atoms with Crippen LogP contribution in [-0.4, -0.2) is 107 Å². The molecule has 1 saturated carbocycles. The van der Waals surface area contributed by atoms with E-state index in [0.29, 0.717) is 32.3 Å². The van der Waals surface area contributed by atoms with Gasteiger partial charge in [-0.3, -0.25) is 4.79 Å². The number of hydrogen-bond acceptors (Lipinski definition) is 11. The molecule has 4 aliphatic heterocycles. The molecular weight excluding hydrogens is 524 g/mol. The number of fused-ring (bicyclic) bond motifs is 1. The fourth-order valence-corrected chi connectivity index (χ4v) is 7.85. The highest BCUT2D eigenvalue weighted by Gasteiger charge is 2.83. The lowest BCUT2D eigenvalue weighted by Gasteiger charge is -2.58. The lowest BCUT2D eigenvalue weighted by Crippen LogP contribution is -2.68. The Kier molecular flexibility index (Phi) is 6.93. The number of aliphatic hydroxyl groups is 3.